The van der Waals surface area contributed by atoms with E-state index in [9.17, 15) is 0 Å². The van der Waals surface area contributed by atoms with Gasteiger partial charge in [0.15, 0.2) is 0 Å². The van der Waals surface area contributed by atoms with Crippen LogP contribution in [0, 0.1) is 5.92 Å². The van der Waals surface area contributed by atoms with E-state index in [1.807, 2.05) is 23.1 Å². The Kier molecular flexibility index (Phi) is 15.0. The van der Waals surface area contributed by atoms with Crippen molar-refractivity contribution in [3.8, 4) is 77.2 Å². The number of thioether (sulfide) groups is 1. The number of allylic oxidation sites excluding steroid dienone is 6. The summed E-state index contributed by atoms with van der Waals surface area (Å²) in [5, 5.41) is 4.85. The van der Waals surface area contributed by atoms with E-state index in [4.69, 9.17) is 0 Å². The molecule has 0 nitrogen and oxygen atoms in total. The number of fused-ring (bicyclic) bond motifs is 12. The molecule has 3 heteroatoms. The molecule has 19 rings (SSSR count). The number of benzene rings is 13. The van der Waals surface area contributed by atoms with Crippen molar-refractivity contribution in [1.29, 1.82) is 0 Å². The van der Waals surface area contributed by atoms with Crippen LogP contribution in [0.2, 0.25) is 13.1 Å². The molecule has 98 heavy (non-hydrogen) atoms. The van der Waals surface area contributed by atoms with Crippen molar-refractivity contribution in [2.24, 2.45) is 5.92 Å². The first-order valence-corrected chi connectivity index (χ1v) is 38.9. The Morgan fingerprint density at radius 1 is 0.296 bits per heavy atom. The van der Waals surface area contributed by atoms with Crippen molar-refractivity contribution in [3.63, 3.8) is 0 Å². The maximum atomic E-state index is 2.56. The maximum absolute atomic E-state index is 2.56. The highest BCUT2D eigenvalue weighted by Crippen LogP contribution is 2.65. The van der Waals surface area contributed by atoms with Gasteiger partial charge < -0.3 is 0 Å². The molecule has 0 fully saturated rings. The SMILES string of the molecule is C[Si]1(C)C(c2ccc(C3=CC4C=CC=CC4S3)cc2)=C(c2ccccc2)C(c2ccccc2)=C1c1ccc(-c2cc3ccccc3s2)cc1.c1ccc(-c2ccc3c(c2)C2(c4cc(-c5ccccc5)ccc4-3)c3cc(-c4ccccc4)ccc3-c3ccc(-c4ccccc4)cc32)cc1. The molecule has 14 aromatic rings. The second kappa shape index (κ2) is 24.6. The van der Waals surface area contributed by atoms with Gasteiger partial charge in [0.2, 0.25) is 0 Å². The van der Waals surface area contributed by atoms with E-state index in [2.05, 4.69) is 377 Å². The van der Waals surface area contributed by atoms with E-state index in [-0.39, 0.29) is 0 Å². The van der Waals surface area contributed by atoms with E-state index in [0.717, 1.165) is 0 Å². The number of hydrogen-bond acceptors (Lipinski definition) is 2. The lowest BCUT2D eigenvalue weighted by molar-refractivity contribution is 0.795. The molecule has 0 saturated heterocycles. The molecule has 13 aromatic carbocycles. The second-order valence-electron chi connectivity index (χ2n) is 26.9. The standard InChI is InChI=1S/C49H32.C46H36S2Si/c1-5-13-33(14-6-1)37-21-25-41-42-26-22-38(34-15-7-2-8-16-34)30-46(42)49(45(41)29-37)47-31-39(35-17-9-3-10-18-35)23-27-43(47)44-28-24-40(32-48(44)49)36-19-11-4-12-20-36;1-49(2)45(35-25-21-31(22-26-35)41-29-37-17-9-11-19-39(37)47-41)43(33-13-5-3-6-14-33)44(34-15-7-4-8-16-34)46(49)36-27-23-32(24-28-36)42-30-38-18-10-12-20-40(38)48-42/h1-32H;3-30,37,39H,1-2H3. The molecule has 5 aliphatic rings. The van der Waals surface area contributed by atoms with Crippen LogP contribution in [0.3, 0.4) is 0 Å². The minimum atomic E-state index is -2.25. The summed E-state index contributed by atoms with van der Waals surface area (Å²) in [6.45, 7) is 5.12. The lowest BCUT2D eigenvalue weighted by atomic mass is 9.69. The van der Waals surface area contributed by atoms with Gasteiger partial charge in [0.05, 0.1) is 5.41 Å². The van der Waals surface area contributed by atoms with Gasteiger partial charge in [-0.15, -0.1) is 23.1 Å². The zero-order chi connectivity index (χ0) is 65.3. The van der Waals surface area contributed by atoms with Gasteiger partial charge in [-0.1, -0.05) is 341 Å². The third-order valence-electron chi connectivity index (χ3n) is 20.9. The normalized spacial score (nSPS) is 16.3. The Morgan fingerprint density at radius 2 is 0.633 bits per heavy atom. The van der Waals surface area contributed by atoms with Gasteiger partial charge in [-0.25, -0.2) is 0 Å². The Bertz CT molecular complexity index is 5170. The molecule has 0 N–H and O–H groups in total. The van der Waals surface area contributed by atoms with Gasteiger partial charge >= 0.3 is 0 Å². The summed E-state index contributed by atoms with van der Waals surface area (Å²) < 4.78 is 1.34. The van der Waals surface area contributed by atoms with Gasteiger partial charge in [0.25, 0.3) is 0 Å². The average Bonchev–Trinajstić information content (AvgIpc) is 1.51. The average molecular weight is 1300 g/mol. The second-order valence-corrected chi connectivity index (χ2v) is 33.4. The van der Waals surface area contributed by atoms with E-state index >= 15 is 0 Å². The van der Waals surface area contributed by atoms with Gasteiger partial charge in [-0.3, -0.25) is 0 Å². The van der Waals surface area contributed by atoms with Gasteiger partial charge in [-0.05, 0) is 186 Å². The molecular weight excluding hydrogens is 1230 g/mol. The van der Waals surface area contributed by atoms with Gasteiger partial charge in [0.1, 0.15) is 8.07 Å². The highest BCUT2D eigenvalue weighted by molar-refractivity contribution is 8.09. The van der Waals surface area contributed by atoms with Crippen LogP contribution in [-0.2, 0) is 5.41 Å². The highest BCUT2D eigenvalue weighted by atomic mass is 32.2. The van der Waals surface area contributed by atoms with Crippen molar-refractivity contribution in [3.05, 3.63) is 414 Å². The third kappa shape index (κ3) is 10.2. The van der Waals surface area contributed by atoms with E-state index < -0.39 is 13.5 Å². The van der Waals surface area contributed by atoms with Gasteiger partial charge in [0, 0.05) is 25.7 Å². The largest absolute Gasteiger partial charge is 0.135 e. The Balaban J connectivity index is 0.000000142. The number of thiophene rings is 1. The van der Waals surface area contributed by atoms with Crippen molar-refractivity contribution < 1.29 is 0 Å². The third-order valence-corrected chi connectivity index (χ3v) is 27.0. The van der Waals surface area contributed by atoms with Gasteiger partial charge in [-0.2, -0.15) is 0 Å². The van der Waals surface area contributed by atoms with Crippen molar-refractivity contribution in [2.45, 2.75) is 23.8 Å². The van der Waals surface area contributed by atoms with Crippen LogP contribution in [0.4, 0.5) is 0 Å². The molecule has 3 aliphatic carbocycles. The minimum Gasteiger partial charge on any atom is -0.135 e. The smallest absolute Gasteiger partial charge is 0.115 e. The molecule has 0 radical (unpaired) electrons. The predicted molar refractivity (Wildman–Crippen MR) is 423 cm³/mol. The van der Waals surface area contributed by atoms with E-state index in [1.165, 1.54) is 164 Å². The summed E-state index contributed by atoms with van der Waals surface area (Å²) in [7, 11) is -2.25. The quantitative estimate of drug-likeness (QED) is 0.123. The first-order chi connectivity index (χ1) is 48.3. The zero-order valence-electron chi connectivity index (χ0n) is 54.6. The van der Waals surface area contributed by atoms with Crippen LogP contribution in [0.15, 0.2) is 364 Å². The van der Waals surface area contributed by atoms with Crippen molar-refractivity contribution in [2.75, 3.05) is 0 Å². The fourth-order valence-electron chi connectivity index (χ4n) is 16.4. The van der Waals surface area contributed by atoms with Crippen LogP contribution < -0.4 is 0 Å². The summed E-state index contributed by atoms with van der Waals surface area (Å²) in [5.41, 5.74) is 30.6. The molecule has 464 valence electrons. The fourth-order valence-corrected chi connectivity index (χ4v) is 22.6. The van der Waals surface area contributed by atoms with Crippen LogP contribution in [0.5, 0.6) is 0 Å². The number of rotatable bonds is 10. The molecule has 1 spiro atoms. The molecule has 0 saturated carbocycles. The lowest BCUT2D eigenvalue weighted by Crippen LogP contribution is -2.28. The Labute approximate surface area is 584 Å². The van der Waals surface area contributed by atoms with Crippen LogP contribution in [0.1, 0.15) is 50.1 Å². The molecule has 0 bridgehead atoms. The summed E-state index contributed by atoms with van der Waals surface area (Å²) >= 11 is 3.86. The van der Waals surface area contributed by atoms with Crippen molar-refractivity contribution >= 4 is 67.7 Å². The van der Waals surface area contributed by atoms with Crippen LogP contribution in [-0.4, -0.2) is 13.3 Å². The Morgan fingerprint density at radius 3 is 1.02 bits per heavy atom. The van der Waals surface area contributed by atoms with Crippen LogP contribution in [0.25, 0.3) is 114 Å². The molecule has 2 unspecified atom stereocenters. The summed E-state index contributed by atoms with van der Waals surface area (Å²) in [5.74, 6) is 0.490. The molecule has 2 atom stereocenters. The van der Waals surface area contributed by atoms with E-state index in [0.29, 0.717) is 11.2 Å². The monoisotopic (exact) mass is 1300 g/mol. The zero-order valence-corrected chi connectivity index (χ0v) is 57.2. The van der Waals surface area contributed by atoms with E-state index in [1.54, 1.807) is 0 Å². The maximum Gasteiger partial charge on any atom is 0.115 e. The molecule has 2 aliphatic heterocycles. The van der Waals surface area contributed by atoms with Crippen molar-refractivity contribution in [1.82, 2.24) is 0 Å². The summed E-state index contributed by atoms with van der Waals surface area (Å²) in [4.78, 5) is 2.71. The first kappa shape index (κ1) is 59.6. The molecule has 3 heterocycles. The topological polar surface area (TPSA) is 0 Å². The number of hydrogen-bond donors (Lipinski definition) is 0. The van der Waals surface area contributed by atoms with Crippen LogP contribution >= 0.6 is 23.1 Å². The summed E-state index contributed by atoms with van der Waals surface area (Å²) in [6, 6.07) is 124. The molecular formula is C95H68S2Si. The first-order valence-electron chi connectivity index (χ1n) is 34.2. The molecule has 1 aromatic heterocycles. The molecule has 0 amide bonds. The minimum absolute atomic E-state index is 0.490. The lowest BCUT2D eigenvalue weighted by Gasteiger charge is -2.32. The predicted octanol–water partition coefficient (Wildman–Crippen LogP) is 25.8. The highest BCUT2D eigenvalue weighted by Gasteiger charge is 2.52. The Hall–Kier alpha value is -10.9. The fraction of sp³-hybridized carbons (Fsp3) is 0.0526. The summed E-state index contributed by atoms with van der Waals surface area (Å²) in [6.07, 6.45) is 11.5.